The maximum absolute atomic E-state index is 12.7. The van der Waals surface area contributed by atoms with Gasteiger partial charge in [-0.15, -0.1) is 0 Å². The van der Waals surface area contributed by atoms with Crippen LogP contribution >= 0.6 is 10.4 Å². The van der Waals surface area contributed by atoms with Gasteiger partial charge in [0.15, 0.2) is 0 Å². The molecule has 0 N–H and O–H groups in total. The van der Waals surface area contributed by atoms with Gasteiger partial charge in [-0.05, 0) is 52.3 Å². The van der Waals surface area contributed by atoms with Crippen LogP contribution in [0.5, 0.6) is 11.5 Å². The van der Waals surface area contributed by atoms with Crippen LogP contribution in [-0.4, -0.2) is 0 Å². The van der Waals surface area contributed by atoms with Gasteiger partial charge < -0.3 is 8.37 Å². The molecule has 5 nitrogen and oxygen atoms in total. The van der Waals surface area contributed by atoms with E-state index in [2.05, 4.69) is 0 Å². The summed E-state index contributed by atoms with van der Waals surface area (Å²) >= 11 is -3.06. The maximum atomic E-state index is 12.7. The maximum Gasteiger partial charge on any atom is 0.392 e. The molecule has 2 rings (SSSR count). The van der Waals surface area contributed by atoms with E-state index in [4.69, 9.17) is 18.9 Å². The summed E-state index contributed by atoms with van der Waals surface area (Å²) in [5.41, 5.74) is 0.379. The van der Waals surface area contributed by atoms with Crippen molar-refractivity contribution in [2.75, 3.05) is 0 Å². The summed E-state index contributed by atoms with van der Waals surface area (Å²) in [5, 5.41) is 17.3. The second-order valence-corrected chi connectivity index (χ2v) is 7.88. The Kier molecular flexibility index (Phi) is 4.62. The summed E-state index contributed by atoms with van der Waals surface area (Å²) in [6.07, 6.45) is 0. The molecule has 0 aliphatic carbocycles. The minimum absolute atomic E-state index is 0.190. The summed E-state index contributed by atoms with van der Waals surface area (Å²) in [4.78, 5) is 0. The molecule has 0 aliphatic rings. The van der Waals surface area contributed by atoms with Crippen LogP contribution in [0, 0.1) is 22.7 Å². The molecular weight excluding hydrogens is 401 g/mol. The highest BCUT2D eigenvalue weighted by Crippen LogP contribution is 2.99. The van der Waals surface area contributed by atoms with E-state index >= 15 is 0 Å². The largest absolute Gasteiger partial charge is 0.392 e. The van der Waals surface area contributed by atoms with E-state index in [0.29, 0.717) is 0 Å². The topological polar surface area (TPSA) is 78.4 Å². The second-order valence-electron chi connectivity index (χ2n) is 4.66. The van der Waals surface area contributed by atoms with Gasteiger partial charge in [0.2, 0.25) is 0 Å². The SMILES string of the molecule is N#Cc1ccc(OS(=NS(F)(F)(F)(F)F)Oc2ccc(C#N)cc2)cc1. The summed E-state index contributed by atoms with van der Waals surface area (Å²) < 4.78 is 74.6. The van der Waals surface area contributed by atoms with Crippen molar-refractivity contribution in [2.45, 2.75) is 0 Å². The molecule has 0 aromatic heterocycles. The molecule has 0 saturated carbocycles. The average molecular weight is 409 g/mol. The van der Waals surface area contributed by atoms with Gasteiger partial charge in [-0.1, -0.05) is 19.4 Å². The van der Waals surface area contributed by atoms with Crippen molar-refractivity contribution in [2.24, 2.45) is 3.77 Å². The minimum atomic E-state index is -10.2. The molecule has 0 amide bonds. The van der Waals surface area contributed by atoms with E-state index < -0.39 is 21.7 Å². The minimum Gasteiger partial charge on any atom is -0.386 e. The fraction of sp³-hybridized carbons (Fsp3) is 0. The lowest BCUT2D eigenvalue weighted by atomic mass is 10.2. The summed E-state index contributed by atoms with van der Waals surface area (Å²) in [6, 6.07) is 12.9. The number of benzene rings is 2. The lowest BCUT2D eigenvalue weighted by Gasteiger charge is -2.34. The van der Waals surface area contributed by atoms with E-state index in [9.17, 15) is 19.4 Å². The Hall–Kier alpha value is -2.83. The molecule has 138 valence electrons. The first-order valence-corrected chi connectivity index (χ1v) is 9.41. The Balaban J connectivity index is 2.37. The van der Waals surface area contributed by atoms with Crippen molar-refractivity contribution in [1.82, 2.24) is 0 Å². The highest BCUT2D eigenvalue weighted by atomic mass is 32.5. The van der Waals surface area contributed by atoms with E-state index in [-0.39, 0.29) is 22.6 Å². The first-order chi connectivity index (χ1) is 11.9. The number of nitrogens with zero attached hydrogens (tertiary/aromatic N) is 3. The van der Waals surface area contributed by atoms with Crippen LogP contribution < -0.4 is 8.37 Å². The number of nitriles is 2. The molecule has 0 radical (unpaired) electrons. The first-order valence-electron chi connectivity index (χ1n) is 6.47. The molecule has 12 heteroatoms. The molecule has 2 aromatic rings. The molecule has 0 spiro atoms. The Morgan fingerprint density at radius 2 is 1.08 bits per heavy atom. The van der Waals surface area contributed by atoms with Crippen molar-refractivity contribution < 1.29 is 27.8 Å². The molecule has 0 fully saturated rings. The van der Waals surface area contributed by atoms with Gasteiger partial charge in [0.25, 0.3) is 0 Å². The molecular formula is C14H8F5N3O2S2. The summed E-state index contributed by atoms with van der Waals surface area (Å²) in [7, 11) is -10.2. The van der Waals surface area contributed by atoms with Crippen LogP contribution in [-0.2, 0) is 11.3 Å². The molecule has 0 atom stereocenters. The van der Waals surface area contributed by atoms with Crippen LogP contribution in [0.1, 0.15) is 11.1 Å². The zero-order valence-corrected chi connectivity index (χ0v) is 14.1. The van der Waals surface area contributed by atoms with Crippen LogP contribution in [0.25, 0.3) is 0 Å². The lowest BCUT2D eigenvalue weighted by molar-refractivity contribution is 0.366. The average Bonchev–Trinajstić information content (AvgIpc) is 2.53. The monoisotopic (exact) mass is 409 g/mol. The van der Waals surface area contributed by atoms with Crippen LogP contribution in [0.15, 0.2) is 52.3 Å². The Labute approximate surface area is 147 Å². The Morgan fingerprint density at radius 1 is 0.731 bits per heavy atom. The number of halogens is 5. The van der Waals surface area contributed by atoms with E-state index in [1.54, 1.807) is 15.9 Å². The lowest BCUT2D eigenvalue weighted by Crippen LogP contribution is -2.13. The smallest absolute Gasteiger partial charge is 0.386 e. The van der Waals surface area contributed by atoms with Gasteiger partial charge in [-0.3, -0.25) is 0 Å². The van der Waals surface area contributed by atoms with Gasteiger partial charge in [0.1, 0.15) is 11.5 Å². The zero-order chi connectivity index (χ0) is 19.5. The first kappa shape index (κ1) is 19.5. The molecule has 2 aromatic carbocycles. The van der Waals surface area contributed by atoms with Crippen molar-refractivity contribution in [3.8, 4) is 23.6 Å². The van der Waals surface area contributed by atoms with Crippen molar-refractivity contribution in [1.29, 1.82) is 10.5 Å². The molecule has 26 heavy (non-hydrogen) atoms. The zero-order valence-electron chi connectivity index (χ0n) is 12.5. The Morgan fingerprint density at radius 3 is 1.35 bits per heavy atom. The molecule has 0 saturated heterocycles. The normalized spacial score (nSPS) is 13.7. The third kappa shape index (κ3) is 6.58. The van der Waals surface area contributed by atoms with Crippen LogP contribution in [0.2, 0.25) is 0 Å². The van der Waals surface area contributed by atoms with Gasteiger partial charge in [0.05, 0.1) is 23.3 Å². The van der Waals surface area contributed by atoms with Gasteiger partial charge in [0, 0.05) is 0 Å². The van der Waals surface area contributed by atoms with E-state index in [1.165, 1.54) is 24.3 Å². The molecule has 0 heterocycles. The molecule has 0 aliphatic heterocycles. The highest BCUT2D eigenvalue weighted by molar-refractivity contribution is 8.46. The van der Waals surface area contributed by atoms with Crippen LogP contribution in [0.4, 0.5) is 19.4 Å². The van der Waals surface area contributed by atoms with Crippen molar-refractivity contribution in [3.05, 3.63) is 59.7 Å². The third-order valence-corrected chi connectivity index (χ3v) is 4.79. The second kappa shape index (κ2) is 6.16. The number of hydrogen-bond donors (Lipinski definition) is 0. The highest BCUT2D eigenvalue weighted by Gasteiger charge is 2.65. The predicted molar refractivity (Wildman–Crippen MR) is 86.5 cm³/mol. The van der Waals surface area contributed by atoms with E-state index in [0.717, 1.165) is 24.3 Å². The van der Waals surface area contributed by atoms with Crippen molar-refractivity contribution in [3.63, 3.8) is 0 Å². The predicted octanol–water partition coefficient (Wildman–Crippen LogP) is 5.73. The van der Waals surface area contributed by atoms with Crippen LogP contribution in [0.3, 0.4) is 0 Å². The fourth-order valence-corrected chi connectivity index (χ4v) is 3.25. The summed E-state index contributed by atoms with van der Waals surface area (Å²) in [6.45, 7) is 0. The molecule has 0 unspecified atom stereocenters. The Bertz CT molecular complexity index is 870. The fourth-order valence-electron chi connectivity index (χ4n) is 1.50. The number of rotatable bonds is 5. The van der Waals surface area contributed by atoms with Gasteiger partial charge in [-0.2, -0.15) is 10.5 Å². The quantitative estimate of drug-likeness (QED) is 0.591. The summed E-state index contributed by atoms with van der Waals surface area (Å²) in [5.74, 6) is -0.516. The van der Waals surface area contributed by atoms with E-state index in [1.807, 2.05) is 0 Å². The van der Waals surface area contributed by atoms with Gasteiger partial charge >= 0.3 is 21.7 Å². The number of hydrogen-bond acceptors (Lipinski definition) is 5. The van der Waals surface area contributed by atoms with Crippen molar-refractivity contribution >= 4 is 21.7 Å². The standard InChI is InChI=1S/C14H8F5N3O2S2/c15-26(16,17,18,19)22-25(23-13-5-1-11(9-20)2-6-13)24-14-7-3-12(10-21)4-8-14/h1-8H. The third-order valence-electron chi connectivity index (χ3n) is 2.50. The van der Waals surface area contributed by atoms with Gasteiger partial charge in [-0.25, -0.2) is 0 Å². The molecule has 0 bridgehead atoms.